The number of aryl methyl sites for hydroxylation is 1. The van der Waals surface area contributed by atoms with Crippen LogP contribution >= 0.6 is 11.6 Å². The predicted octanol–water partition coefficient (Wildman–Crippen LogP) is 6.18. The van der Waals surface area contributed by atoms with Crippen LogP contribution in [0.5, 0.6) is 11.5 Å². The lowest BCUT2D eigenvalue weighted by Crippen LogP contribution is -2.29. The van der Waals surface area contributed by atoms with Crippen molar-refractivity contribution >= 4 is 34.7 Å². The van der Waals surface area contributed by atoms with Crippen molar-refractivity contribution < 1.29 is 37.3 Å². The van der Waals surface area contributed by atoms with Crippen LogP contribution in [0.3, 0.4) is 0 Å². The van der Waals surface area contributed by atoms with Gasteiger partial charge < -0.3 is 14.6 Å². The Hall–Kier alpha value is -3.98. The molecule has 1 saturated heterocycles. The lowest BCUT2D eigenvalue weighted by Gasteiger charge is -2.26. The minimum Gasteiger partial charge on any atom is -0.507 e. The molecule has 6 nitrogen and oxygen atoms in total. The number of methoxy groups -OCH3 is 1. The summed E-state index contributed by atoms with van der Waals surface area (Å²) in [6.45, 7) is 1.72. The summed E-state index contributed by atoms with van der Waals surface area (Å²) in [7, 11) is 1.34. The van der Waals surface area contributed by atoms with Gasteiger partial charge in [0.1, 0.15) is 17.3 Å². The van der Waals surface area contributed by atoms with E-state index in [-0.39, 0.29) is 27.6 Å². The molecule has 0 spiro atoms. The number of rotatable bonds is 5. The number of hydrogen-bond donors (Lipinski definition) is 1. The predicted molar refractivity (Wildman–Crippen MR) is 127 cm³/mol. The molecule has 36 heavy (non-hydrogen) atoms. The molecule has 1 aliphatic heterocycles. The van der Waals surface area contributed by atoms with Crippen LogP contribution in [-0.2, 0) is 9.59 Å². The van der Waals surface area contributed by atoms with Crippen molar-refractivity contribution in [3.8, 4) is 11.5 Å². The zero-order valence-corrected chi connectivity index (χ0v) is 19.7. The van der Waals surface area contributed by atoms with E-state index in [0.29, 0.717) is 11.1 Å². The molecule has 0 aromatic heterocycles. The molecule has 0 radical (unpaired) electrons. The Bertz CT molecular complexity index is 1370. The average Bonchev–Trinajstić information content (AvgIpc) is 3.08. The maximum absolute atomic E-state index is 13.3. The van der Waals surface area contributed by atoms with E-state index in [4.69, 9.17) is 16.3 Å². The molecule has 3 aromatic carbocycles. The van der Waals surface area contributed by atoms with Crippen LogP contribution < -0.4 is 14.4 Å². The van der Waals surface area contributed by atoms with Crippen LogP contribution in [0.4, 0.5) is 18.9 Å². The third-order valence-corrected chi connectivity index (χ3v) is 5.82. The Kier molecular flexibility index (Phi) is 6.69. The molecule has 1 unspecified atom stereocenters. The zero-order chi connectivity index (χ0) is 26.2. The van der Waals surface area contributed by atoms with Crippen molar-refractivity contribution in [1.29, 1.82) is 0 Å². The number of ketones is 1. The number of benzene rings is 3. The summed E-state index contributed by atoms with van der Waals surface area (Å²) in [5.41, 5.74) is 0.896. The maximum atomic E-state index is 13.3. The normalized spacial score (nSPS) is 17.4. The van der Waals surface area contributed by atoms with Gasteiger partial charge in [-0.15, -0.1) is 13.2 Å². The highest BCUT2D eigenvalue weighted by atomic mass is 35.5. The molecule has 0 bridgehead atoms. The van der Waals surface area contributed by atoms with Gasteiger partial charge in [0.2, 0.25) is 0 Å². The lowest BCUT2D eigenvalue weighted by molar-refractivity contribution is -0.274. The van der Waals surface area contributed by atoms with Crippen LogP contribution in [0.2, 0.25) is 5.02 Å². The number of ether oxygens (including phenoxy) is 2. The lowest BCUT2D eigenvalue weighted by atomic mass is 9.94. The average molecular weight is 518 g/mol. The number of nitrogens with zero attached hydrogens (tertiary/aromatic N) is 1. The van der Waals surface area contributed by atoms with E-state index >= 15 is 0 Å². The van der Waals surface area contributed by atoms with Gasteiger partial charge >= 0.3 is 6.36 Å². The van der Waals surface area contributed by atoms with E-state index in [1.807, 2.05) is 0 Å². The molecule has 0 saturated carbocycles. The molecule has 1 amide bonds. The van der Waals surface area contributed by atoms with Crippen molar-refractivity contribution in [2.75, 3.05) is 12.0 Å². The Morgan fingerprint density at radius 2 is 1.72 bits per heavy atom. The van der Waals surface area contributed by atoms with E-state index in [1.54, 1.807) is 49.4 Å². The monoisotopic (exact) mass is 517 g/mol. The van der Waals surface area contributed by atoms with Gasteiger partial charge in [0, 0.05) is 11.8 Å². The highest BCUT2D eigenvalue weighted by molar-refractivity contribution is 6.51. The first kappa shape index (κ1) is 25.1. The summed E-state index contributed by atoms with van der Waals surface area (Å²) in [5.74, 6) is -3.07. The fourth-order valence-corrected chi connectivity index (χ4v) is 4.49. The van der Waals surface area contributed by atoms with Crippen molar-refractivity contribution in [2.24, 2.45) is 0 Å². The minimum absolute atomic E-state index is 0.0269. The largest absolute Gasteiger partial charge is 0.573 e. The first-order chi connectivity index (χ1) is 17.0. The number of hydrogen-bond acceptors (Lipinski definition) is 5. The number of carbonyl (C=O) groups excluding carboxylic acids is 2. The molecule has 3 aromatic rings. The number of aliphatic hydroxyl groups is 1. The summed E-state index contributed by atoms with van der Waals surface area (Å²) in [6.07, 6.45) is -4.95. The molecule has 10 heteroatoms. The van der Waals surface area contributed by atoms with E-state index in [1.165, 1.54) is 19.2 Å². The molecular formula is C26H19ClF3NO5. The number of alkyl halides is 3. The first-order valence-corrected chi connectivity index (χ1v) is 11.0. The van der Waals surface area contributed by atoms with Crippen LogP contribution in [0.1, 0.15) is 22.7 Å². The fourth-order valence-electron chi connectivity index (χ4n) is 4.14. The summed E-state index contributed by atoms with van der Waals surface area (Å²) in [5, 5.41) is 11.5. The van der Waals surface area contributed by atoms with Gasteiger partial charge in [-0.25, -0.2) is 0 Å². The van der Waals surface area contributed by atoms with Gasteiger partial charge in [0.15, 0.2) is 0 Å². The van der Waals surface area contributed by atoms with Gasteiger partial charge in [-0.3, -0.25) is 14.5 Å². The zero-order valence-electron chi connectivity index (χ0n) is 19.0. The molecule has 1 heterocycles. The quantitative estimate of drug-likeness (QED) is 0.248. The molecule has 1 fully saturated rings. The van der Waals surface area contributed by atoms with Gasteiger partial charge in [0.05, 0.1) is 29.3 Å². The molecule has 186 valence electrons. The third kappa shape index (κ3) is 4.74. The second-order valence-electron chi connectivity index (χ2n) is 7.95. The van der Waals surface area contributed by atoms with E-state index in [9.17, 15) is 27.9 Å². The molecule has 1 atom stereocenters. The Morgan fingerprint density at radius 1 is 1.03 bits per heavy atom. The maximum Gasteiger partial charge on any atom is 0.573 e. The number of carbonyl (C=O) groups is 2. The molecular weight excluding hydrogens is 499 g/mol. The highest BCUT2D eigenvalue weighted by Gasteiger charge is 2.47. The molecule has 1 N–H and O–H groups in total. The van der Waals surface area contributed by atoms with Gasteiger partial charge in [-0.2, -0.15) is 0 Å². The fraction of sp³-hybridized carbons (Fsp3) is 0.154. The van der Waals surface area contributed by atoms with E-state index in [2.05, 4.69) is 4.74 Å². The summed E-state index contributed by atoms with van der Waals surface area (Å²) in [6, 6.07) is 15.0. The molecule has 4 rings (SSSR count). The van der Waals surface area contributed by atoms with Crippen LogP contribution in [0.15, 0.2) is 72.3 Å². The van der Waals surface area contributed by atoms with E-state index < -0.39 is 35.6 Å². The number of Topliss-reactive ketones (excluding diaryl/α,β-unsaturated/α-hetero) is 1. The minimum atomic E-state index is -4.95. The summed E-state index contributed by atoms with van der Waals surface area (Å²) < 4.78 is 47.7. The Balaban J connectivity index is 1.95. The topological polar surface area (TPSA) is 76.1 Å². The van der Waals surface area contributed by atoms with Gasteiger partial charge in [-0.1, -0.05) is 48.0 Å². The van der Waals surface area contributed by atoms with Crippen molar-refractivity contribution in [3.05, 3.63) is 94.0 Å². The van der Waals surface area contributed by atoms with E-state index in [0.717, 1.165) is 17.0 Å². The van der Waals surface area contributed by atoms with Crippen LogP contribution in [-0.4, -0.2) is 30.3 Å². The Labute approximate surface area is 209 Å². The Morgan fingerprint density at radius 3 is 2.36 bits per heavy atom. The second kappa shape index (κ2) is 9.58. The number of anilines is 1. The SMILES string of the molecule is COc1c(Cl)cc(C)cc1/C(O)=C1\C(=O)C(=O)N(c2cccc(OC(F)(F)F)c2)C1c1ccccc1. The van der Waals surface area contributed by atoms with Gasteiger partial charge in [-0.05, 0) is 42.3 Å². The number of halogens is 4. The summed E-state index contributed by atoms with van der Waals surface area (Å²) >= 11 is 6.27. The second-order valence-corrected chi connectivity index (χ2v) is 8.36. The van der Waals surface area contributed by atoms with Crippen LogP contribution in [0, 0.1) is 6.92 Å². The third-order valence-electron chi connectivity index (χ3n) is 5.54. The first-order valence-electron chi connectivity index (χ1n) is 10.6. The standard InChI is InChI=1S/C26H19ClF3NO5/c1-14-11-18(24(35-2)19(27)12-14)22(32)20-21(15-7-4-3-5-8-15)31(25(34)23(20)33)16-9-6-10-17(13-16)36-26(28,29)30/h3-13,21,32H,1-2H3/b22-20+. The molecule has 0 aliphatic carbocycles. The van der Waals surface area contributed by atoms with Crippen molar-refractivity contribution in [2.45, 2.75) is 19.3 Å². The van der Waals surface area contributed by atoms with Crippen LogP contribution in [0.25, 0.3) is 5.76 Å². The van der Waals surface area contributed by atoms with Crippen molar-refractivity contribution in [3.63, 3.8) is 0 Å². The number of aliphatic hydroxyl groups excluding tert-OH is 1. The smallest absolute Gasteiger partial charge is 0.507 e. The highest BCUT2D eigenvalue weighted by Crippen LogP contribution is 2.45. The summed E-state index contributed by atoms with van der Waals surface area (Å²) in [4.78, 5) is 27.5. The van der Waals surface area contributed by atoms with Gasteiger partial charge in [0.25, 0.3) is 11.7 Å². The number of amides is 1. The van der Waals surface area contributed by atoms with Crippen molar-refractivity contribution in [1.82, 2.24) is 0 Å². The molecule has 1 aliphatic rings.